The zero-order valence-electron chi connectivity index (χ0n) is 14.6. The van der Waals surface area contributed by atoms with E-state index >= 15 is 0 Å². The van der Waals surface area contributed by atoms with E-state index in [1.165, 1.54) is 0 Å². The van der Waals surface area contributed by atoms with E-state index in [2.05, 4.69) is 22.3 Å². The SMILES string of the molecule is Cc1ccc(NC(=O)CC(C)C2CCNCC2)cc1NS(C)(=O)=O. The van der Waals surface area contributed by atoms with Crippen LogP contribution >= 0.6 is 0 Å². The van der Waals surface area contributed by atoms with Crippen LogP contribution in [0, 0.1) is 18.8 Å². The number of hydrogen-bond donors (Lipinski definition) is 3. The van der Waals surface area contributed by atoms with Gasteiger partial charge in [0.05, 0.1) is 11.9 Å². The first kappa shape index (κ1) is 18.7. The van der Waals surface area contributed by atoms with E-state index in [1.807, 2.05) is 6.92 Å². The number of carbonyl (C=O) groups is 1. The lowest BCUT2D eigenvalue weighted by Crippen LogP contribution is -2.32. The molecule has 1 amide bonds. The zero-order chi connectivity index (χ0) is 17.7. The Balaban J connectivity index is 1.97. The summed E-state index contributed by atoms with van der Waals surface area (Å²) in [5.74, 6) is 0.888. The molecule has 1 heterocycles. The van der Waals surface area contributed by atoms with Gasteiger partial charge >= 0.3 is 0 Å². The summed E-state index contributed by atoms with van der Waals surface area (Å²) >= 11 is 0. The van der Waals surface area contributed by atoms with Gasteiger partial charge in [0.1, 0.15) is 0 Å². The average Bonchev–Trinajstić information content (AvgIpc) is 2.50. The predicted molar refractivity (Wildman–Crippen MR) is 97.6 cm³/mol. The van der Waals surface area contributed by atoms with Gasteiger partial charge in [-0.2, -0.15) is 0 Å². The van der Waals surface area contributed by atoms with E-state index in [0.717, 1.165) is 37.8 Å². The molecule has 1 aliphatic rings. The van der Waals surface area contributed by atoms with Crippen LogP contribution in [0.2, 0.25) is 0 Å². The summed E-state index contributed by atoms with van der Waals surface area (Å²) in [7, 11) is -3.35. The van der Waals surface area contributed by atoms with Crippen molar-refractivity contribution in [2.45, 2.75) is 33.1 Å². The van der Waals surface area contributed by atoms with Crippen molar-refractivity contribution >= 4 is 27.3 Å². The van der Waals surface area contributed by atoms with Gasteiger partial charge in [0.15, 0.2) is 0 Å². The molecule has 0 radical (unpaired) electrons. The summed E-state index contributed by atoms with van der Waals surface area (Å²) in [5.41, 5.74) is 1.90. The molecule has 0 spiro atoms. The standard InChI is InChI=1S/C17H27N3O3S/c1-12-4-5-15(11-16(12)20-24(3,22)23)19-17(21)10-13(2)14-6-8-18-9-7-14/h4-5,11,13-14,18,20H,6-10H2,1-3H3,(H,19,21). The number of amides is 1. The van der Waals surface area contributed by atoms with Crippen molar-refractivity contribution in [2.75, 3.05) is 29.4 Å². The van der Waals surface area contributed by atoms with Crippen molar-refractivity contribution in [1.82, 2.24) is 5.32 Å². The van der Waals surface area contributed by atoms with E-state index in [0.29, 0.717) is 29.6 Å². The molecule has 1 fully saturated rings. The van der Waals surface area contributed by atoms with Gasteiger partial charge in [0.25, 0.3) is 0 Å². The molecule has 1 saturated heterocycles. The lowest BCUT2D eigenvalue weighted by molar-refractivity contribution is -0.117. The van der Waals surface area contributed by atoms with Crippen LogP contribution in [0.15, 0.2) is 18.2 Å². The van der Waals surface area contributed by atoms with Gasteiger partial charge in [-0.15, -0.1) is 0 Å². The Labute approximate surface area is 144 Å². The van der Waals surface area contributed by atoms with Crippen molar-refractivity contribution in [2.24, 2.45) is 11.8 Å². The first-order chi connectivity index (χ1) is 11.2. The maximum Gasteiger partial charge on any atom is 0.229 e. The highest BCUT2D eigenvalue weighted by molar-refractivity contribution is 7.92. The third kappa shape index (κ3) is 5.79. The third-order valence-corrected chi connectivity index (χ3v) is 5.10. The van der Waals surface area contributed by atoms with E-state index in [9.17, 15) is 13.2 Å². The molecule has 1 atom stereocenters. The smallest absolute Gasteiger partial charge is 0.229 e. The monoisotopic (exact) mass is 353 g/mol. The van der Waals surface area contributed by atoms with Gasteiger partial charge in [0.2, 0.25) is 15.9 Å². The Hall–Kier alpha value is -1.60. The number of sulfonamides is 1. The Bertz CT molecular complexity index is 682. The minimum Gasteiger partial charge on any atom is -0.326 e. The second-order valence-corrected chi connectivity index (χ2v) is 8.47. The minimum atomic E-state index is -3.35. The second kappa shape index (κ2) is 7.98. The number of aryl methyl sites for hydroxylation is 1. The molecule has 3 N–H and O–H groups in total. The molecular weight excluding hydrogens is 326 g/mol. The Morgan fingerprint density at radius 1 is 1.33 bits per heavy atom. The van der Waals surface area contributed by atoms with Gasteiger partial charge in [-0.25, -0.2) is 8.42 Å². The molecular formula is C17H27N3O3S. The summed E-state index contributed by atoms with van der Waals surface area (Å²) in [6, 6.07) is 5.23. The Morgan fingerprint density at radius 3 is 2.62 bits per heavy atom. The fourth-order valence-electron chi connectivity index (χ4n) is 3.09. The average molecular weight is 353 g/mol. The number of nitrogens with one attached hydrogen (secondary N) is 3. The van der Waals surface area contributed by atoms with Crippen LogP contribution < -0.4 is 15.4 Å². The fraction of sp³-hybridized carbons (Fsp3) is 0.588. The van der Waals surface area contributed by atoms with Crippen molar-refractivity contribution in [1.29, 1.82) is 0 Å². The second-order valence-electron chi connectivity index (χ2n) is 6.72. The van der Waals surface area contributed by atoms with Gasteiger partial charge in [-0.05, 0) is 62.4 Å². The summed E-state index contributed by atoms with van der Waals surface area (Å²) in [4.78, 5) is 12.3. The fourth-order valence-corrected chi connectivity index (χ4v) is 3.71. The Morgan fingerprint density at radius 2 is 2.00 bits per heavy atom. The van der Waals surface area contributed by atoms with Crippen LogP contribution in [0.1, 0.15) is 31.7 Å². The molecule has 1 aliphatic heterocycles. The summed E-state index contributed by atoms with van der Waals surface area (Å²) in [6.07, 6.45) is 3.81. The first-order valence-corrected chi connectivity index (χ1v) is 10.2. The van der Waals surface area contributed by atoms with E-state index in [-0.39, 0.29) is 5.91 Å². The zero-order valence-corrected chi connectivity index (χ0v) is 15.4. The quantitative estimate of drug-likeness (QED) is 0.732. The minimum absolute atomic E-state index is 0.0322. The maximum absolute atomic E-state index is 12.3. The van der Waals surface area contributed by atoms with Crippen LogP contribution in [0.5, 0.6) is 0 Å². The molecule has 1 unspecified atom stereocenters. The largest absolute Gasteiger partial charge is 0.326 e. The highest BCUT2D eigenvalue weighted by Gasteiger charge is 2.22. The van der Waals surface area contributed by atoms with Crippen LogP contribution in [0.25, 0.3) is 0 Å². The normalized spacial score (nSPS) is 17.3. The number of hydrogen-bond acceptors (Lipinski definition) is 4. The molecule has 0 bridgehead atoms. The molecule has 0 saturated carbocycles. The van der Waals surface area contributed by atoms with Gasteiger partial charge < -0.3 is 10.6 Å². The number of rotatable bonds is 6. The molecule has 1 aromatic carbocycles. The molecule has 0 aromatic heterocycles. The van der Waals surface area contributed by atoms with E-state index < -0.39 is 10.0 Å². The first-order valence-electron chi connectivity index (χ1n) is 8.33. The lowest BCUT2D eigenvalue weighted by Gasteiger charge is -2.27. The molecule has 7 heteroatoms. The number of carbonyl (C=O) groups excluding carboxylic acids is 1. The molecule has 6 nitrogen and oxygen atoms in total. The molecule has 134 valence electrons. The predicted octanol–water partition coefficient (Wildman–Crippen LogP) is 2.33. The lowest BCUT2D eigenvalue weighted by atomic mass is 9.84. The summed E-state index contributed by atoms with van der Waals surface area (Å²) in [6.45, 7) is 5.99. The Kier molecular flexibility index (Phi) is 6.23. The molecule has 24 heavy (non-hydrogen) atoms. The molecule has 2 rings (SSSR count). The van der Waals surface area contributed by atoms with E-state index in [4.69, 9.17) is 0 Å². The number of benzene rings is 1. The van der Waals surface area contributed by atoms with Gasteiger partial charge in [0, 0.05) is 12.1 Å². The molecule has 1 aromatic rings. The van der Waals surface area contributed by atoms with Crippen LogP contribution in [-0.2, 0) is 14.8 Å². The number of anilines is 2. The third-order valence-electron chi connectivity index (χ3n) is 4.51. The van der Waals surface area contributed by atoms with Gasteiger partial charge in [-0.3, -0.25) is 9.52 Å². The topological polar surface area (TPSA) is 87.3 Å². The summed E-state index contributed by atoms with van der Waals surface area (Å²) < 4.78 is 25.3. The highest BCUT2D eigenvalue weighted by atomic mass is 32.2. The van der Waals surface area contributed by atoms with Crippen LogP contribution in [0.3, 0.4) is 0 Å². The van der Waals surface area contributed by atoms with E-state index in [1.54, 1.807) is 18.2 Å². The maximum atomic E-state index is 12.3. The molecule has 0 aliphatic carbocycles. The van der Waals surface area contributed by atoms with Crippen molar-refractivity contribution in [3.8, 4) is 0 Å². The number of piperidine rings is 1. The summed E-state index contributed by atoms with van der Waals surface area (Å²) in [5, 5.41) is 6.21. The van der Waals surface area contributed by atoms with Gasteiger partial charge in [-0.1, -0.05) is 13.0 Å². The van der Waals surface area contributed by atoms with Crippen LogP contribution in [-0.4, -0.2) is 33.7 Å². The van der Waals surface area contributed by atoms with Crippen molar-refractivity contribution < 1.29 is 13.2 Å². The van der Waals surface area contributed by atoms with Crippen molar-refractivity contribution in [3.63, 3.8) is 0 Å². The van der Waals surface area contributed by atoms with Crippen LogP contribution in [0.4, 0.5) is 11.4 Å². The van der Waals surface area contributed by atoms with Crippen molar-refractivity contribution in [3.05, 3.63) is 23.8 Å². The highest BCUT2D eigenvalue weighted by Crippen LogP contribution is 2.25.